The average Bonchev–Trinajstić information content (AvgIpc) is 2.37. The molecular formula is C5H8N2OS. The van der Waals surface area contributed by atoms with Crippen molar-refractivity contribution in [1.82, 2.24) is 4.98 Å². The van der Waals surface area contributed by atoms with Gasteiger partial charge < -0.3 is 10.8 Å². The molecule has 0 spiro atoms. The Hall–Kier alpha value is -0.450. The van der Waals surface area contributed by atoms with Gasteiger partial charge in [-0.05, 0) is 0 Å². The van der Waals surface area contributed by atoms with Crippen molar-refractivity contribution in [3.05, 3.63) is 16.6 Å². The van der Waals surface area contributed by atoms with E-state index in [4.69, 9.17) is 10.8 Å². The van der Waals surface area contributed by atoms with E-state index in [0.717, 1.165) is 0 Å². The number of rotatable bonds is 2. The van der Waals surface area contributed by atoms with Crippen LogP contribution in [0.5, 0.6) is 0 Å². The minimum Gasteiger partial charge on any atom is -0.385 e. The summed E-state index contributed by atoms with van der Waals surface area (Å²) in [5.74, 6) is 0. The number of aliphatic hydroxyl groups is 1. The largest absolute Gasteiger partial charge is 0.385 e. The topological polar surface area (TPSA) is 59.1 Å². The second-order valence-corrected chi connectivity index (χ2v) is 2.38. The average molecular weight is 144 g/mol. The molecule has 0 unspecified atom stereocenters. The fourth-order valence-electron chi connectivity index (χ4n) is 0.507. The van der Waals surface area contributed by atoms with Crippen LogP contribution < -0.4 is 5.73 Å². The standard InChI is InChI=1S/C5H8N2OS/c6-1-5(8)4-2-9-3-7-4/h2-3,5,8H,1,6H2/t5-/m1/s1. The van der Waals surface area contributed by atoms with Crippen LogP contribution in [-0.2, 0) is 0 Å². The molecule has 0 aromatic carbocycles. The van der Waals surface area contributed by atoms with E-state index < -0.39 is 6.10 Å². The predicted molar refractivity (Wildman–Crippen MR) is 36.1 cm³/mol. The molecule has 0 radical (unpaired) electrons. The third-order valence-electron chi connectivity index (χ3n) is 1.02. The summed E-state index contributed by atoms with van der Waals surface area (Å²) in [4.78, 5) is 3.88. The van der Waals surface area contributed by atoms with Crippen LogP contribution >= 0.6 is 11.3 Å². The molecule has 1 aromatic heterocycles. The normalized spacial score (nSPS) is 13.6. The van der Waals surface area contributed by atoms with Crippen LogP contribution in [0, 0.1) is 0 Å². The van der Waals surface area contributed by atoms with Crippen LogP contribution in [0.2, 0.25) is 0 Å². The van der Waals surface area contributed by atoms with Gasteiger partial charge in [-0.3, -0.25) is 0 Å². The summed E-state index contributed by atoms with van der Waals surface area (Å²) in [6.07, 6.45) is -0.587. The van der Waals surface area contributed by atoms with Gasteiger partial charge in [-0.25, -0.2) is 4.98 Å². The number of hydrogen-bond donors (Lipinski definition) is 2. The highest BCUT2D eigenvalue weighted by molar-refractivity contribution is 7.07. The summed E-state index contributed by atoms with van der Waals surface area (Å²) in [5.41, 5.74) is 7.52. The maximum absolute atomic E-state index is 9.04. The summed E-state index contributed by atoms with van der Waals surface area (Å²) in [5, 5.41) is 10.8. The van der Waals surface area contributed by atoms with Gasteiger partial charge >= 0.3 is 0 Å². The fourth-order valence-corrected chi connectivity index (χ4v) is 1.11. The molecule has 50 valence electrons. The zero-order valence-electron chi connectivity index (χ0n) is 4.82. The van der Waals surface area contributed by atoms with Gasteiger partial charge in [-0.1, -0.05) is 0 Å². The van der Waals surface area contributed by atoms with Gasteiger partial charge in [-0.2, -0.15) is 0 Å². The lowest BCUT2D eigenvalue weighted by atomic mass is 10.3. The molecular weight excluding hydrogens is 136 g/mol. The Labute approximate surface area is 57.2 Å². The van der Waals surface area contributed by atoms with Gasteiger partial charge in [-0.15, -0.1) is 11.3 Å². The first kappa shape index (κ1) is 6.67. The van der Waals surface area contributed by atoms with E-state index in [1.807, 2.05) is 0 Å². The number of nitrogens with zero attached hydrogens (tertiary/aromatic N) is 1. The summed E-state index contributed by atoms with van der Waals surface area (Å²) in [7, 11) is 0. The van der Waals surface area contributed by atoms with Crippen LogP contribution in [0.25, 0.3) is 0 Å². The Morgan fingerprint density at radius 2 is 2.67 bits per heavy atom. The van der Waals surface area contributed by atoms with E-state index in [-0.39, 0.29) is 6.54 Å². The van der Waals surface area contributed by atoms with Crippen molar-refractivity contribution in [2.45, 2.75) is 6.10 Å². The Bertz CT molecular complexity index is 163. The maximum Gasteiger partial charge on any atom is 0.109 e. The second-order valence-electron chi connectivity index (χ2n) is 1.66. The second kappa shape index (κ2) is 2.91. The van der Waals surface area contributed by atoms with Gasteiger partial charge in [0.2, 0.25) is 0 Å². The smallest absolute Gasteiger partial charge is 0.109 e. The van der Waals surface area contributed by atoms with Crippen LogP contribution in [0.15, 0.2) is 10.9 Å². The third-order valence-corrected chi connectivity index (χ3v) is 1.62. The number of nitrogens with two attached hydrogens (primary N) is 1. The minimum absolute atomic E-state index is 0.240. The molecule has 0 fully saturated rings. The Morgan fingerprint density at radius 3 is 3.11 bits per heavy atom. The molecule has 0 aliphatic rings. The molecule has 0 aliphatic heterocycles. The van der Waals surface area contributed by atoms with Gasteiger partial charge in [0.1, 0.15) is 6.10 Å². The van der Waals surface area contributed by atoms with E-state index in [9.17, 15) is 0 Å². The van der Waals surface area contributed by atoms with Crippen molar-refractivity contribution in [2.75, 3.05) is 6.54 Å². The molecule has 0 saturated heterocycles. The quantitative estimate of drug-likeness (QED) is 0.620. The summed E-state index contributed by atoms with van der Waals surface area (Å²) >= 11 is 1.46. The molecule has 4 heteroatoms. The van der Waals surface area contributed by atoms with Gasteiger partial charge in [0.15, 0.2) is 0 Å². The molecule has 0 bridgehead atoms. The van der Waals surface area contributed by atoms with E-state index in [2.05, 4.69) is 4.98 Å². The molecule has 0 saturated carbocycles. The van der Waals surface area contributed by atoms with Crippen LogP contribution in [-0.4, -0.2) is 16.6 Å². The number of hydrogen-bond acceptors (Lipinski definition) is 4. The van der Waals surface area contributed by atoms with E-state index in [0.29, 0.717) is 5.69 Å². The Balaban J connectivity index is 2.65. The SMILES string of the molecule is NC[C@@H](O)c1cscn1. The lowest BCUT2D eigenvalue weighted by Crippen LogP contribution is -2.11. The molecule has 1 rings (SSSR count). The molecule has 3 nitrogen and oxygen atoms in total. The number of thiazole rings is 1. The highest BCUT2D eigenvalue weighted by Gasteiger charge is 2.04. The van der Waals surface area contributed by atoms with Crippen molar-refractivity contribution in [3.8, 4) is 0 Å². The molecule has 0 aliphatic carbocycles. The highest BCUT2D eigenvalue weighted by atomic mass is 32.1. The first-order valence-electron chi connectivity index (χ1n) is 2.61. The van der Waals surface area contributed by atoms with Crippen LogP contribution in [0.4, 0.5) is 0 Å². The number of aliphatic hydroxyl groups excluding tert-OH is 1. The molecule has 1 atom stereocenters. The first-order valence-corrected chi connectivity index (χ1v) is 3.55. The van der Waals surface area contributed by atoms with E-state index in [1.165, 1.54) is 11.3 Å². The molecule has 3 N–H and O–H groups in total. The molecule has 0 amide bonds. The van der Waals surface area contributed by atoms with Crippen molar-refractivity contribution < 1.29 is 5.11 Å². The molecule has 9 heavy (non-hydrogen) atoms. The lowest BCUT2D eigenvalue weighted by Gasteiger charge is -2.00. The summed E-state index contributed by atoms with van der Waals surface area (Å²) < 4.78 is 0. The van der Waals surface area contributed by atoms with E-state index in [1.54, 1.807) is 10.9 Å². The highest BCUT2D eigenvalue weighted by Crippen LogP contribution is 2.09. The van der Waals surface area contributed by atoms with Gasteiger partial charge in [0.05, 0.1) is 11.2 Å². The molecule has 1 heterocycles. The summed E-state index contributed by atoms with van der Waals surface area (Å²) in [6, 6.07) is 0. The maximum atomic E-state index is 9.04. The first-order chi connectivity index (χ1) is 4.34. The van der Waals surface area contributed by atoms with Crippen LogP contribution in [0.3, 0.4) is 0 Å². The van der Waals surface area contributed by atoms with Gasteiger partial charge in [0.25, 0.3) is 0 Å². The number of aromatic nitrogens is 1. The Kier molecular flexibility index (Phi) is 2.16. The van der Waals surface area contributed by atoms with Gasteiger partial charge in [0, 0.05) is 11.9 Å². The minimum atomic E-state index is -0.587. The monoisotopic (exact) mass is 144 g/mol. The van der Waals surface area contributed by atoms with Crippen molar-refractivity contribution in [1.29, 1.82) is 0 Å². The van der Waals surface area contributed by atoms with Crippen molar-refractivity contribution in [3.63, 3.8) is 0 Å². The van der Waals surface area contributed by atoms with Crippen LogP contribution in [0.1, 0.15) is 11.8 Å². The molecule has 1 aromatic rings. The fraction of sp³-hybridized carbons (Fsp3) is 0.400. The predicted octanol–water partition coefficient (Wildman–Crippen LogP) is 0.135. The zero-order valence-corrected chi connectivity index (χ0v) is 5.64. The van der Waals surface area contributed by atoms with E-state index >= 15 is 0 Å². The summed E-state index contributed by atoms with van der Waals surface area (Å²) in [6.45, 7) is 0.240. The zero-order chi connectivity index (χ0) is 6.69. The van der Waals surface area contributed by atoms with Crippen molar-refractivity contribution in [2.24, 2.45) is 5.73 Å². The third kappa shape index (κ3) is 1.48. The van der Waals surface area contributed by atoms with Crippen molar-refractivity contribution >= 4 is 11.3 Å². The Morgan fingerprint density at radius 1 is 1.89 bits per heavy atom. The lowest BCUT2D eigenvalue weighted by molar-refractivity contribution is 0.182.